The van der Waals surface area contributed by atoms with Gasteiger partial charge >= 0.3 is 0 Å². The molecular weight excluding hydrogens is 330 g/mol. The molecule has 1 atom stereocenters. The van der Waals surface area contributed by atoms with Crippen LogP contribution in [-0.4, -0.2) is 43.5 Å². The van der Waals surface area contributed by atoms with E-state index in [1.54, 1.807) is 6.33 Å². The number of H-pyrrole nitrogens is 1. The van der Waals surface area contributed by atoms with Crippen LogP contribution in [0.15, 0.2) is 29.0 Å². The molecule has 26 heavy (non-hydrogen) atoms. The number of benzene rings is 1. The van der Waals surface area contributed by atoms with Gasteiger partial charge in [0.25, 0.3) is 0 Å². The van der Waals surface area contributed by atoms with E-state index in [0.717, 1.165) is 35.9 Å². The Balaban J connectivity index is 1.38. The molecule has 7 heteroatoms. The predicted octanol–water partition coefficient (Wildman–Crippen LogP) is 3.26. The van der Waals surface area contributed by atoms with Gasteiger partial charge in [0.1, 0.15) is 0 Å². The molecule has 1 saturated carbocycles. The highest BCUT2D eigenvalue weighted by molar-refractivity contribution is 5.80. The molecule has 3 aromatic rings. The molecule has 1 aliphatic carbocycles. The molecule has 3 heterocycles. The highest BCUT2D eigenvalue weighted by Crippen LogP contribution is 2.33. The van der Waals surface area contributed by atoms with Gasteiger partial charge in [0.2, 0.25) is 17.6 Å². The SMILES string of the molecule is O=C1CCC(c2nc(-c3ccc4nc[nH]c4c3)no2)CN1C1CCCC1. The average Bonchev–Trinajstić information content (AvgIpc) is 3.41. The molecule has 1 amide bonds. The number of rotatable bonds is 3. The number of carbonyl (C=O) groups excluding carboxylic acids is 1. The van der Waals surface area contributed by atoms with E-state index in [1.807, 2.05) is 18.2 Å². The smallest absolute Gasteiger partial charge is 0.231 e. The molecule has 134 valence electrons. The van der Waals surface area contributed by atoms with E-state index in [9.17, 15) is 4.79 Å². The van der Waals surface area contributed by atoms with Crippen molar-refractivity contribution in [1.82, 2.24) is 25.0 Å². The summed E-state index contributed by atoms with van der Waals surface area (Å²) in [5.74, 6) is 1.63. The molecule has 1 aromatic carbocycles. The number of nitrogens with zero attached hydrogens (tertiary/aromatic N) is 4. The van der Waals surface area contributed by atoms with Gasteiger partial charge in [-0.25, -0.2) is 4.98 Å². The fourth-order valence-electron chi connectivity index (χ4n) is 4.24. The first-order valence-corrected chi connectivity index (χ1v) is 9.34. The lowest BCUT2D eigenvalue weighted by atomic mass is 9.95. The lowest BCUT2D eigenvalue weighted by Crippen LogP contribution is -2.44. The van der Waals surface area contributed by atoms with Crippen molar-refractivity contribution in [1.29, 1.82) is 0 Å². The molecule has 0 radical (unpaired) electrons. The van der Waals surface area contributed by atoms with Crippen LogP contribution in [-0.2, 0) is 4.79 Å². The van der Waals surface area contributed by atoms with Crippen LogP contribution < -0.4 is 0 Å². The Morgan fingerprint density at radius 1 is 1.19 bits per heavy atom. The van der Waals surface area contributed by atoms with Crippen LogP contribution in [0.3, 0.4) is 0 Å². The van der Waals surface area contributed by atoms with Crippen molar-refractivity contribution in [2.24, 2.45) is 0 Å². The fourth-order valence-corrected chi connectivity index (χ4v) is 4.24. The first-order valence-electron chi connectivity index (χ1n) is 9.34. The van der Waals surface area contributed by atoms with Crippen molar-refractivity contribution in [2.75, 3.05) is 6.54 Å². The monoisotopic (exact) mass is 351 g/mol. The quantitative estimate of drug-likeness (QED) is 0.782. The second kappa shape index (κ2) is 6.23. The van der Waals surface area contributed by atoms with Crippen LogP contribution in [0.4, 0.5) is 0 Å². The zero-order chi connectivity index (χ0) is 17.5. The Bertz CT molecular complexity index is 940. The molecule has 0 spiro atoms. The zero-order valence-electron chi connectivity index (χ0n) is 14.5. The molecule has 2 aromatic heterocycles. The minimum atomic E-state index is 0.130. The largest absolute Gasteiger partial charge is 0.345 e. The lowest BCUT2D eigenvalue weighted by molar-refractivity contribution is -0.136. The number of likely N-dealkylation sites (tertiary alicyclic amines) is 1. The molecule has 0 bridgehead atoms. The van der Waals surface area contributed by atoms with E-state index in [0.29, 0.717) is 30.7 Å². The van der Waals surface area contributed by atoms with Crippen LogP contribution in [0.1, 0.15) is 50.3 Å². The van der Waals surface area contributed by atoms with Crippen molar-refractivity contribution in [2.45, 2.75) is 50.5 Å². The second-order valence-electron chi connectivity index (χ2n) is 7.31. The normalized spacial score (nSPS) is 21.8. The van der Waals surface area contributed by atoms with Crippen LogP contribution >= 0.6 is 0 Å². The van der Waals surface area contributed by atoms with Crippen molar-refractivity contribution < 1.29 is 9.32 Å². The maximum absolute atomic E-state index is 12.3. The van der Waals surface area contributed by atoms with Crippen molar-refractivity contribution in [3.63, 3.8) is 0 Å². The second-order valence-corrected chi connectivity index (χ2v) is 7.31. The van der Waals surface area contributed by atoms with Gasteiger partial charge in [-0.1, -0.05) is 18.0 Å². The summed E-state index contributed by atoms with van der Waals surface area (Å²) in [5.41, 5.74) is 2.76. The molecular formula is C19H21N5O2. The zero-order valence-corrected chi connectivity index (χ0v) is 14.5. The summed E-state index contributed by atoms with van der Waals surface area (Å²) in [5, 5.41) is 4.17. The maximum Gasteiger partial charge on any atom is 0.231 e. The van der Waals surface area contributed by atoms with Gasteiger partial charge in [-0.2, -0.15) is 4.98 Å². The van der Waals surface area contributed by atoms with Crippen LogP contribution in [0.5, 0.6) is 0 Å². The maximum atomic E-state index is 12.3. The number of aromatic amines is 1. The number of hydrogen-bond acceptors (Lipinski definition) is 5. The van der Waals surface area contributed by atoms with Crippen LogP contribution in [0, 0.1) is 0 Å². The standard InChI is InChI=1S/C19H21N5O2/c25-17-8-6-13(10-24(17)14-3-1-2-4-14)19-22-18(23-26-19)12-5-7-15-16(9-12)21-11-20-15/h5,7,9,11,13-14H,1-4,6,8,10H2,(H,20,21). The van der Waals surface area contributed by atoms with Crippen molar-refractivity contribution in [3.05, 3.63) is 30.4 Å². The van der Waals surface area contributed by atoms with Gasteiger partial charge in [-0.05, 0) is 37.5 Å². The van der Waals surface area contributed by atoms with E-state index in [4.69, 9.17) is 4.52 Å². The summed E-state index contributed by atoms with van der Waals surface area (Å²) in [6, 6.07) is 6.27. The summed E-state index contributed by atoms with van der Waals surface area (Å²) in [6.45, 7) is 0.699. The summed E-state index contributed by atoms with van der Waals surface area (Å²) in [7, 11) is 0. The summed E-state index contributed by atoms with van der Waals surface area (Å²) < 4.78 is 5.57. The van der Waals surface area contributed by atoms with E-state index < -0.39 is 0 Å². The number of hydrogen-bond donors (Lipinski definition) is 1. The van der Waals surface area contributed by atoms with Crippen molar-refractivity contribution >= 4 is 16.9 Å². The first-order chi connectivity index (χ1) is 12.8. The first kappa shape index (κ1) is 15.5. The van der Waals surface area contributed by atoms with Gasteiger partial charge in [-0.3, -0.25) is 4.79 Å². The minimum Gasteiger partial charge on any atom is -0.345 e. The minimum absolute atomic E-state index is 0.130. The molecule has 1 aliphatic heterocycles. The molecule has 2 fully saturated rings. The fraction of sp³-hybridized carbons (Fsp3) is 0.474. The van der Waals surface area contributed by atoms with E-state index in [-0.39, 0.29) is 11.8 Å². The Kier molecular flexibility index (Phi) is 3.72. The summed E-state index contributed by atoms with van der Waals surface area (Å²) in [6.07, 6.45) is 7.71. The number of carbonyl (C=O) groups is 1. The Morgan fingerprint density at radius 2 is 2.08 bits per heavy atom. The topological polar surface area (TPSA) is 87.9 Å². The van der Waals surface area contributed by atoms with E-state index in [2.05, 4.69) is 25.0 Å². The number of imidazole rings is 1. The third kappa shape index (κ3) is 2.67. The number of nitrogens with one attached hydrogen (secondary N) is 1. The van der Waals surface area contributed by atoms with Crippen LogP contribution in [0.25, 0.3) is 22.4 Å². The number of amides is 1. The molecule has 1 N–H and O–H groups in total. The number of aromatic nitrogens is 4. The number of piperidine rings is 1. The highest BCUT2D eigenvalue weighted by Gasteiger charge is 2.35. The Labute approximate surface area is 150 Å². The lowest BCUT2D eigenvalue weighted by Gasteiger charge is -2.35. The van der Waals surface area contributed by atoms with Gasteiger partial charge in [0.15, 0.2) is 0 Å². The predicted molar refractivity (Wildman–Crippen MR) is 95.3 cm³/mol. The Morgan fingerprint density at radius 3 is 2.96 bits per heavy atom. The van der Waals surface area contributed by atoms with Gasteiger partial charge in [0, 0.05) is 24.6 Å². The average molecular weight is 351 g/mol. The van der Waals surface area contributed by atoms with Gasteiger partial charge in [0.05, 0.1) is 23.3 Å². The van der Waals surface area contributed by atoms with Crippen LogP contribution in [0.2, 0.25) is 0 Å². The van der Waals surface area contributed by atoms with E-state index in [1.165, 1.54) is 12.8 Å². The highest BCUT2D eigenvalue weighted by atomic mass is 16.5. The van der Waals surface area contributed by atoms with Gasteiger partial charge in [-0.15, -0.1) is 0 Å². The number of fused-ring (bicyclic) bond motifs is 1. The molecule has 1 saturated heterocycles. The van der Waals surface area contributed by atoms with E-state index >= 15 is 0 Å². The van der Waals surface area contributed by atoms with Gasteiger partial charge < -0.3 is 14.4 Å². The molecule has 1 unspecified atom stereocenters. The Hall–Kier alpha value is -2.70. The molecule has 7 nitrogen and oxygen atoms in total. The third-order valence-electron chi connectivity index (χ3n) is 5.68. The summed E-state index contributed by atoms with van der Waals surface area (Å²) in [4.78, 5) is 26.4. The molecule has 2 aliphatic rings. The molecule has 5 rings (SSSR count). The third-order valence-corrected chi connectivity index (χ3v) is 5.68. The summed E-state index contributed by atoms with van der Waals surface area (Å²) >= 11 is 0. The van der Waals surface area contributed by atoms with Crippen molar-refractivity contribution in [3.8, 4) is 11.4 Å².